The van der Waals surface area contributed by atoms with Crippen molar-refractivity contribution in [2.75, 3.05) is 10.6 Å². The van der Waals surface area contributed by atoms with Gasteiger partial charge in [0.15, 0.2) is 0 Å². The number of nitro benzene ring substituents is 1. The van der Waals surface area contributed by atoms with Gasteiger partial charge in [0.2, 0.25) is 0 Å². The summed E-state index contributed by atoms with van der Waals surface area (Å²) in [5.74, 6) is -1.73. The van der Waals surface area contributed by atoms with Gasteiger partial charge in [-0.1, -0.05) is 6.07 Å². The third kappa shape index (κ3) is 3.54. The van der Waals surface area contributed by atoms with Crippen LogP contribution in [0, 0.1) is 28.7 Å². The number of nitrogens with zero attached hydrogens (tertiary/aromatic N) is 1. The maximum atomic E-state index is 13.4. The van der Waals surface area contributed by atoms with Crippen molar-refractivity contribution in [3.63, 3.8) is 0 Å². The van der Waals surface area contributed by atoms with Crippen LogP contribution in [0.25, 0.3) is 0 Å². The molecule has 0 spiro atoms. The lowest BCUT2D eigenvalue weighted by atomic mass is 10.2. The standard InChI is InChI=1S/C14H11F2N3O3/c1-8-2-4-12(13(6-8)19(21)22)18-14(20)17-11-5-3-9(15)7-10(11)16/h2-7H,1H3,(H2,17,18,20). The molecule has 0 bridgehead atoms. The molecule has 0 aliphatic carbocycles. The Bertz CT molecular complexity index is 750. The first-order valence-electron chi connectivity index (χ1n) is 6.15. The van der Waals surface area contributed by atoms with E-state index in [0.717, 1.165) is 12.1 Å². The molecular weight excluding hydrogens is 296 g/mol. The average molecular weight is 307 g/mol. The molecule has 2 amide bonds. The number of amides is 2. The summed E-state index contributed by atoms with van der Waals surface area (Å²) in [7, 11) is 0. The Hall–Kier alpha value is -3.03. The molecule has 114 valence electrons. The Morgan fingerprint density at radius 1 is 1.09 bits per heavy atom. The lowest BCUT2D eigenvalue weighted by molar-refractivity contribution is -0.384. The lowest BCUT2D eigenvalue weighted by Crippen LogP contribution is -2.20. The van der Waals surface area contributed by atoms with Crippen molar-refractivity contribution >= 4 is 23.1 Å². The molecule has 8 heteroatoms. The van der Waals surface area contributed by atoms with Crippen LogP contribution in [-0.4, -0.2) is 11.0 Å². The predicted octanol–water partition coefficient (Wildman–Crippen LogP) is 3.83. The van der Waals surface area contributed by atoms with Gasteiger partial charge in [-0.05, 0) is 30.7 Å². The average Bonchev–Trinajstić information content (AvgIpc) is 2.43. The molecule has 0 saturated carbocycles. The molecule has 0 saturated heterocycles. The molecule has 0 radical (unpaired) electrons. The SMILES string of the molecule is Cc1ccc(NC(=O)Nc2ccc(F)cc2F)c([N+](=O)[O-])c1. The minimum absolute atomic E-state index is 0.0318. The van der Waals surface area contributed by atoms with E-state index < -0.39 is 22.6 Å². The van der Waals surface area contributed by atoms with Gasteiger partial charge < -0.3 is 10.6 Å². The highest BCUT2D eigenvalue weighted by Crippen LogP contribution is 2.25. The molecule has 2 aromatic rings. The van der Waals surface area contributed by atoms with E-state index in [1.54, 1.807) is 13.0 Å². The molecule has 0 fully saturated rings. The Morgan fingerprint density at radius 3 is 2.36 bits per heavy atom. The van der Waals surface area contributed by atoms with Gasteiger partial charge in [0, 0.05) is 12.1 Å². The minimum Gasteiger partial charge on any atom is -0.305 e. The molecule has 0 aliphatic heterocycles. The summed E-state index contributed by atoms with van der Waals surface area (Å²) in [6, 6.07) is 6.02. The second-order valence-electron chi connectivity index (χ2n) is 4.48. The zero-order valence-corrected chi connectivity index (χ0v) is 11.4. The van der Waals surface area contributed by atoms with Gasteiger partial charge in [-0.3, -0.25) is 10.1 Å². The van der Waals surface area contributed by atoms with E-state index >= 15 is 0 Å². The van der Waals surface area contributed by atoms with Gasteiger partial charge in [-0.2, -0.15) is 0 Å². The van der Waals surface area contributed by atoms with Crippen LogP contribution in [0.4, 0.5) is 30.6 Å². The van der Waals surface area contributed by atoms with Crippen LogP contribution in [0.3, 0.4) is 0 Å². The topological polar surface area (TPSA) is 84.3 Å². The van der Waals surface area contributed by atoms with Gasteiger partial charge in [0.1, 0.15) is 17.3 Å². The molecule has 22 heavy (non-hydrogen) atoms. The minimum atomic E-state index is -0.950. The van der Waals surface area contributed by atoms with Crippen molar-refractivity contribution < 1.29 is 18.5 Å². The summed E-state index contributed by atoms with van der Waals surface area (Å²) >= 11 is 0. The monoisotopic (exact) mass is 307 g/mol. The van der Waals surface area contributed by atoms with E-state index in [1.165, 1.54) is 12.1 Å². The fourth-order valence-corrected chi connectivity index (χ4v) is 1.77. The second-order valence-corrected chi connectivity index (χ2v) is 4.48. The molecule has 0 aliphatic rings. The fraction of sp³-hybridized carbons (Fsp3) is 0.0714. The van der Waals surface area contributed by atoms with Crippen LogP contribution < -0.4 is 10.6 Å². The number of carbonyl (C=O) groups excluding carboxylic acids is 1. The van der Waals surface area contributed by atoms with Crippen molar-refractivity contribution in [2.24, 2.45) is 0 Å². The molecule has 2 aromatic carbocycles. The highest BCUT2D eigenvalue weighted by atomic mass is 19.1. The molecule has 0 aromatic heterocycles. The lowest BCUT2D eigenvalue weighted by Gasteiger charge is -2.09. The zero-order chi connectivity index (χ0) is 16.3. The summed E-state index contributed by atoms with van der Waals surface area (Å²) in [4.78, 5) is 22.1. The number of aryl methyl sites for hydroxylation is 1. The van der Waals surface area contributed by atoms with E-state index in [4.69, 9.17) is 0 Å². The van der Waals surface area contributed by atoms with Crippen LogP contribution in [-0.2, 0) is 0 Å². The fourth-order valence-electron chi connectivity index (χ4n) is 1.77. The van der Waals surface area contributed by atoms with Crippen LogP contribution >= 0.6 is 0 Å². The number of nitrogens with one attached hydrogen (secondary N) is 2. The zero-order valence-electron chi connectivity index (χ0n) is 11.4. The van der Waals surface area contributed by atoms with E-state index in [2.05, 4.69) is 10.6 Å². The molecular formula is C14H11F2N3O3. The number of urea groups is 1. The molecule has 0 atom stereocenters. The summed E-state index contributed by atoms with van der Waals surface area (Å²) in [6.07, 6.45) is 0. The Balaban J connectivity index is 2.17. The van der Waals surface area contributed by atoms with Gasteiger partial charge in [0.25, 0.3) is 5.69 Å². The smallest absolute Gasteiger partial charge is 0.305 e. The van der Waals surface area contributed by atoms with E-state index in [-0.39, 0.29) is 17.1 Å². The number of halogens is 2. The van der Waals surface area contributed by atoms with Crippen LogP contribution in [0.2, 0.25) is 0 Å². The van der Waals surface area contributed by atoms with Crippen molar-refractivity contribution in [2.45, 2.75) is 6.92 Å². The Labute approximate surface area is 123 Å². The molecule has 0 unspecified atom stereocenters. The van der Waals surface area contributed by atoms with Gasteiger partial charge in [-0.15, -0.1) is 0 Å². The number of carbonyl (C=O) groups is 1. The second kappa shape index (κ2) is 6.17. The van der Waals surface area contributed by atoms with Gasteiger partial charge in [0.05, 0.1) is 10.6 Å². The summed E-state index contributed by atoms with van der Waals surface area (Å²) in [5.41, 5.74) is 0.0984. The maximum absolute atomic E-state index is 13.4. The highest BCUT2D eigenvalue weighted by molar-refractivity contribution is 6.01. The number of benzene rings is 2. The van der Waals surface area contributed by atoms with E-state index in [0.29, 0.717) is 11.6 Å². The molecule has 6 nitrogen and oxygen atoms in total. The highest BCUT2D eigenvalue weighted by Gasteiger charge is 2.16. The summed E-state index contributed by atoms with van der Waals surface area (Å²) in [6.45, 7) is 1.67. The first-order chi connectivity index (χ1) is 10.4. The Kier molecular flexibility index (Phi) is 4.31. The van der Waals surface area contributed by atoms with Crippen molar-refractivity contribution in [3.8, 4) is 0 Å². The van der Waals surface area contributed by atoms with Crippen LogP contribution in [0.15, 0.2) is 36.4 Å². The number of rotatable bonds is 3. The third-order valence-corrected chi connectivity index (χ3v) is 2.78. The summed E-state index contributed by atoms with van der Waals surface area (Å²) < 4.78 is 26.2. The third-order valence-electron chi connectivity index (χ3n) is 2.78. The number of anilines is 2. The van der Waals surface area contributed by atoms with E-state index in [1.807, 2.05) is 0 Å². The predicted molar refractivity (Wildman–Crippen MR) is 76.8 cm³/mol. The normalized spacial score (nSPS) is 10.1. The number of nitro groups is 1. The van der Waals surface area contributed by atoms with Crippen molar-refractivity contribution in [1.29, 1.82) is 0 Å². The molecule has 0 heterocycles. The van der Waals surface area contributed by atoms with Crippen LogP contribution in [0.1, 0.15) is 5.56 Å². The number of hydrogen-bond donors (Lipinski definition) is 2. The largest absolute Gasteiger partial charge is 0.323 e. The number of hydrogen-bond acceptors (Lipinski definition) is 3. The van der Waals surface area contributed by atoms with Gasteiger partial charge >= 0.3 is 6.03 Å². The first kappa shape index (κ1) is 15.4. The molecule has 2 N–H and O–H groups in total. The maximum Gasteiger partial charge on any atom is 0.323 e. The molecule has 2 rings (SSSR count). The van der Waals surface area contributed by atoms with Crippen molar-refractivity contribution in [1.82, 2.24) is 0 Å². The summed E-state index contributed by atoms with van der Waals surface area (Å²) in [5, 5.41) is 15.3. The first-order valence-corrected chi connectivity index (χ1v) is 6.15. The van der Waals surface area contributed by atoms with Gasteiger partial charge in [-0.25, -0.2) is 13.6 Å². The van der Waals surface area contributed by atoms with Crippen LogP contribution in [0.5, 0.6) is 0 Å². The van der Waals surface area contributed by atoms with Crippen molar-refractivity contribution in [3.05, 3.63) is 63.7 Å². The van der Waals surface area contributed by atoms with E-state index in [9.17, 15) is 23.7 Å². The Morgan fingerprint density at radius 2 is 1.73 bits per heavy atom. The quantitative estimate of drug-likeness (QED) is 0.667.